The predicted octanol–water partition coefficient (Wildman–Crippen LogP) is 2.98. The number of rotatable bonds is 4. The molecule has 0 fully saturated rings. The zero-order valence-corrected chi connectivity index (χ0v) is 14.6. The summed E-state index contributed by atoms with van der Waals surface area (Å²) in [5.41, 5.74) is 1.14. The molecule has 0 spiro atoms. The monoisotopic (exact) mass is 353 g/mol. The molecule has 0 saturated heterocycles. The maximum Gasteiger partial charge on any atom is 0.228 e. The number of ether oxygens (including phenoxy) is 1. The highest BCUT2D eigenvalue weighted by molar-refractivity contribution is 7.10. The number of amides is 1. The van der Waals surface area contributed by atoms with Gasteiger partial charge in [0.25, 0.3) is 0 Å². The van der Waals surface area contributed by atoms with Gasteiger partial charge in [-0.25, -0.2) is 0 Å². The van der Waals surface area contributed by atoms with Gasteiger partial charge in [-0.05, 0) is 35.7 Å². The molecule has 4 rings (SSSR count). The van der Waals surface area contributed by atoms with E-state index in [0.717, 1.165) is 22.9 Å². The second-order valence-electron chi connectivity index (χ2n) is 6.11. The molecular formula is C19H19N3O2S. The number of hydrogen-bond acceptors (Lipinski definition) is 4. The number of fused-ring (bicyclic) bond motifs is 1. The molecule has 3 aromatic rings. The summed E-state index contributed by atoms with van der Waals surface area (Å²) in [6.07, 6.45) is 5.81. The van der Waals surface area contributed by atoms with Crippen molar-refractivity contribution in [2.24, 2.45) is 0 Å². The van der Waals surface area contributed by atoms with E-state index in [1.165, 1.54) is 0 Å². The van der Waals surface area contributed by atoms with Crippen molar-refractivity contribution in [3.8, 4) is 5.75 Å². The van der Waals surface area contributed by atoms with Gasteiger partial charge in [-0.1, -0.05) is 6.07 Å². The first-order chi connectivity index (χ1) is 12.3. The maximum atomic E-state index is 12.8. The fourth-order valence-corrected chi connectivity index (χ4v) is 3.80. The minimum Gasteiger partial charge on any atom is -0.485 e. The standard InChI is InChI=1S/C19H19N3O2S/c23-19(10-18-6-3-9-25-18)22-12-15-4-2-8-21(15)13-17(14-22)24-16-5-1-7-20-11-16/h1-9,11,17H,10,12-14H2/t17-/m1/s1. The molecule has 0 bridgehead atoms. The van der Waals surface area contributed by atoms with Crippen LogP contribution in [-0.2, 0) is 24.3 Å². The number of nitrogens with zero attached hydrogens (tertiary/aromatic N) is 3. The van der Waals surface area contributed by atoms with Crippen molar-refractivity contribution in [3.63, 3.8) is 0 Å². The van der Waals surface area contributed by atoms with Crippen molar-refractivity contribution >= 4 is 17.2 Å². The lowest BCUT2D eigenvalue weighted by Crippen LogP contribution is -2.39. The first kappa shape index (κ1) is 15.9. The molecule has 6 heteroatoms. The molecule has 5 nitrogen and oxygen atoms in total. The van der Waals surface area contributed by atoms with E-state index >= 15 is 0 Å². The van der Waals surface area contributed by atoms with Crippen molar-refractivity contribution in [2.45, 2.75) is 25.6 Å². The van der Waals surface area contributed by atoms with Crippen LogP contribution >= 0.6 is 11.3 Å². The highest BCUT2D eigenvalue weighted by Crippen LogP contribution is 2.19. The van der Waals surface area contributed by atoms with Gasteiger partial charge in [0, 0.05) is 23.0 Å². The molecule has 0 saturated carbocycles. The Kier molecular flexibility index (Phi) is 4.52. The van der Waals surface area contributed by atoms with Crippen LogP contribution in [0.1, 0.15) is 10.6 Å². The number of thiophene rings is 1. The number of carbonyl (C=O) groups is 1. The van der Waals surface area contributed by atoms with E-state index in [9.17, 15) is 4.79 Å². The van der Waals surface area contributed by atoms with Gasteiger partial charge in [0.2, 0.25) is 5.91 Å². The topological polar surface area (TPSA) is 47.4 Å². The number of pyridine rings is 1. The third kappa shape index (κ3) is 3.74. The molecule has 0 unspecified atom stereocenters. The molecule has 0 aliphatic carbocycles. The molecule has 1 atom stereocenters. The maximum absolute atomic E-state index is 12.8. The van der Waals surface area contributed by atoms with Gasteiger partial charge in [0.15, 0.2) is 0 Å². The summed E-state index contributed by atoms with van der Waals surface area (Å²) in [5.74, 6) is 0.866. The van der Waals surface area contributed by atoms with Gasteiger partial charge in [-0.3, -0.25) is 9.78 Å². The third-order valence-corrected chi connectivity index (χ3v) is 5.17. The molecule has 1 aliphatic rings. The lowest BCUT2D eigenvalue weighted by molar-refractivity contribution is -0.132. The molecule has 0 N–H and O–H groups in total. The first-order valence-corrected chi connectivity index (χ1v) is 9.17. The van der Waals surface area contributed by atoms with E-state index in [4.69, 9.17) is 4.74 Å². The third-order valence-electron chi connectivity index (χ3n) is 4.30. The quantitative estimate of drug-likeness (QED) is 0.724. The second kappa shape index (κ2) is 7.11. The SMILES string of the molecule is O=C(Cc1cccs1)N1Cc2cccn2C[C@@H](Oc2cccnc2)C1. The van der Waals surface area contributed by atoms with E-state index in [1.54, 1.807) is 23.7 Å². The Labute approximate surface area is 150 Å². The van der Waals surface area contributed by atoms with E-state index in [-0.39, 0.29) is 12.0 Å². The predicted molar refractivity (Wildman–Crippen MR) is 96.5 cm³/mol. The van der Waals surface area contributed by atoms with Crippen molar-refractivity contribution in [1.82, 2.24) is 14.5 Å². The average Bonchev–Trinajstić information content (AvgIpc) is 3.25. The summed E-state index contributed by atoms with van der Waals surface area (Å²) < 4.78 is 8.27. The van der Waals surface area contributed by atoms with E-state index in [0.29, 0.717) is 19.5 Å². The van der Waals surface area contributed by atoms with Gasteiger partial charge in [0.05, 0.1) is 32.3 Å². The highest BCUT2D eigenvalue weighted by atomic mass is 32.1. The van der Waals surface area contributed by atoms with Crippen LogP contribution < -0.4 is 4.74 Å². The number of hydrogen-bond donors (Lipinski definition) is 0. The molecule has 1 aliphatic heterocycles. The molecule has 3 aromatic heterocycles. The molecule has 25 heavy (non-hydrogen) atoms. The van der Waals surface area contributed by atoms with Gasteiger partial charge >= 0.3 is 0 Å². The molecule has 128 valence electrons. The van der Waals surface area contributed by atoms with Gasteiger partial charge < -0.3 is 14.2 Å². The minimum absolute atomic E-state index is 0.106. The van der Waals surface area contributed by atoms with Crippen LogP contribution in [0, 0.1) is 0 Å². The van der Waals surface area contributed by atoms with Crippen molar-refractivity contribution in [1.29, 1.82) is 0 Å². The number of aromatic nitrogens is 2. The van der Waals surface area contributed by atoms with Gasteiger partial charge in [-0.15, -0.1) is 11.3 Å². The molecular weight excluding hydrogens is 334 g/mol. The van der Waals surface area contributed by atoms with Crippen molar-refractivity contribution in [3.05, 3.63) is 70.9 Å². The molecule has 1 amide bonds. The van der Waals surface area contributed by atoms with Crippen molar-refractivity contribution in [2.75, 3.05) is 6.54 Å². The molecule has 4 heterocycles. The Hall–Kier alpha value is -2.60. The fraction of sp³-hybridized carbons (Fsp3) is 0.263. The highest BCUT2D eigenvalue weighted by Gasteiger charge is 2.26. The lowest BCUT2D eigenvalue weighted by Gasteiger charge is -2.24. The first-order valence-electron chi connectivity index (χ1n) is 8.29. The van der Waals surface area contributed by atoms with E-state index < -0.39 is 0 Å². The smallest absolute Gasteiger partial charge is 0.228 e. The Balaban J connectivity index is 1.53. The summed E-state index contributed by atoms with van der Waals surface area (Å²) >= 11 is 1.62. The Bertz CT molecular complexity index is 829. The largest absolute Gasteiger partial charge is 0.485 e. The van der Waals surface area contributed by atoms with E-state index in [1.807, 2.05) is 46.8 Å². The van der Waals surface area contributed by atoms with Crippen LogP contribution in [0.25, 0.3) is 0 Å². The second-order valence-corrected chi connectivity index (χ2v) is 7.14. The van der Waals surface area contributed by atoms with Crippen LogP contribution in [0.15, 0.2) is 60.4 Å². The van der Waals surface area contributed by atoms with Crippen LogP contribution in [0.3, 0.4) is 0 Å². The minimum atomic E-state index is -0.106. The zero-order valence-electron chi connectivity index (χ0n) is 13.7. The normalized spacial score (nSPS) is 17.0. The van der Waals surface area contributed by atoms with Gasteiger partial charge in [0.1, 0.15) is 11.9 Å². The zero-order chi connectivity index (χ0) is 17.1. The van der Waals surface area contributed by atoms with Crippen LogP contribution in [-0.4, -0.2) is 33.0 Å². The summed E-state index contributed by atoms with van der Waals surface area (Å²) in [4.78, 5) is 19.9. The molecule has 0 aromatic carbocycles. The summed E-state index contributed by atoms with van der Waals surface area (Å²) in [7, 11) is 0. The van der Waals surface area contributed by atoms with E-state index in [2.05, 4.69) is 15.6 Å². The summed E-state index contributed by atoms with van der Waals surface area (Å²) in [6, 6.07) is 11.8. The fourth-order valence-electron chi connectivity index (χ4n) is 3.10. The summed E-state index contributed by atoms with van der Waals surface area (Å²) in [6.45, 7) is 1.91. The Morgan fingerprint density at radius 3 is 3.00 bits per heavy atom. The Morgan fingerprint density at radius 1 is 1.24 bits per heavy atom. The van der Waals surface area contributed by atoms with Crippen molar-refractivity contribution < 1.29 is 9.53 Å². The van der Waals surface area contributed by atoms with Gasteiger partial charge in [-0.2, -0.15) is 0 Å². The lowest BCUT2D eigenvalue weighted by atomic mass is 10.2. The number of carbonyl (C=O) groups excluding carboxylic acids is 1. The van der Waals surface area contributed by atoms with Crippen LogP contribution in [0.4, 0.5) is 0 Å². The van der Waals surface area contributed by atoms with Crippen LogP contribution in [0.5, 0.6) is 5.75 Å². The summed E-state index contributed by atoms with van der Waals surface area (Å²) in [5, 5.41) is 2.00. The van der Waals surface area contributed by atoms with Crippen LogP contribution in [0.2, 0.25) is 0 Å². The average molecular weight is 353 g/mol. The Morgan fingerprint density at radius 2 is 2.20 bits per heavy atom. The molecule has 0 radical (unpaired) electrons.